The van der Waals surface area contributed by atoms with Crippen LogP contribution in [0.2, 0.25) is 0 Å². The van der Waals surface area contributed by atoms with Crippen molar-refractivity contribution in [2.45, 2.75) is 6.42 Å². The summed E-state index contributed by atoms with van der Waals surface area (Å²) in [5, 5.41) is 1.84. The third-order valence-electron chi connectivity index (χ3n) is 3.89. The zero-order valence-electron chi connectivity index (χ0n) is 11.8. The smallest absolute Gasteiger partial charge is 0.264 e. The lowest BCUT2D eigenvalue weighted by molar-refractivity contribution is -0.121. The largest absolute Gasteiger partial charge is 0.369 e. The van der Waals surface area contributed by atoms with Crippen molar-refractivity contribution in [2.75, 3.05) is 13.1 Å². The Hall–Kier alpha value is -2.21. The van der Waals surface area contributed by atoms with Crippen LogP contribution in [0.25, 0.3) is 11.1 Å². The lowest BCUT2D eigenvalue weighted by atomic mass is 10.1. The van der Waals surface area contributed by atoms with E-state index < -0.39 is 0 Å². The van der Waals surface area contributed by atoms with Crippen molar-refractivity contribution in [1.29, 1.82) is 0 Å². The van der Waals surface area contributed by atoms with Crippen LogP contribution in [0.3, 0.4) is 0 Å². The van der Waals surface area contributed by atoms with E-state index >= 15 is 0 Å². The molecule has 2 heterocycles. The number of nitrogens with zero attached hydrogens (tertiary/aromatic N) is 1. The zero-order valence-corrected chi connectivity index (χ0v) is 12.6. The summed E-state index contributed by atoms with van der Waals surface area (Å²) >= 11 is 1.35. The molecular weight excluding hydrogens is 303 g/mol. The first-order valence-corrected chi connectivity index (χ1v) is 7.86. The van der Waals surface area contributed by atoms with Crippen LogP contribution in [-0.2, 0) is 4.79 Å². The Morgan fingerprint density at radius 1 is 1.23 bits per heavy atom. The first kappa shape index (κ1) is 14.7. The van der Waals surface area contributed by atoms with Gasteiger partial charge in [-0.2, -0.15) is 0 Å². The summed E-state index contributed by atoms with van der Waals surface area (Å²) in [5.74, 6) is -1.04. The minimum absolute atomic E-state index is 0.0990. The monoisotopic (exact) mass is 318 g/mol. The maximum Gasteiger partial charge on any atom is 0.264 e. The van der Waals surface area contributed by atoms with Crippen LogP contribution in [-0.4, -0.2) is 29.8 Å². The van der Waals surface area contributed by atoms with E-state index in [1.54, 1.807) is 17.0 Å². The third kappa shape index (κ3) is 2.74. The van der Waals surface area contributed by atoms with Gasteiger partial charge >= 0.3 is 0 Å². The number of carbonyl (C=O) groups is 2. The van der Waals surface area contributed by atoms with Crippen LogP contribution in [0, 0.1) is 11.7 Å². The lowest BCUT2D eigenvalue weighted by Crippen LogP contribution is -2.31. The Bertz CT molecular complexity index is 711. The Labute approximate surface area is 131 Å². The number of halogens is 1. The number of amides is 2. The molecule has 1 atom stereocenters. The van der Waals surface area contributed by atoms with E-state index in [-0.39, 0.29) is 23.5 Å². The van der Waals surface area contributed by atoms with Gasteiger partial charge in [-0.3, -0.25) is 9.59 Å². The fourth-order valence-electron chi connectivity index (χ4n) is 2.65. The minimum atomic E-state index is -0.361. The molecular formula is C16H15FN2O2S. The summed E-state index contributed by atoms with van der Waals surface area (Å²) in [5.41, 5.74) is 6.90. The standard InChI is InChI=1S/C16H15FN2O2S/c17-12-3-1-10(2-4-12)13-6-8-22-14(13)16(21)19-7-5-11(9-19)15(18)20/h1-4,6,8,11H,5,7,9H2,(H2,18,20). The summed E-state index contributed by atoms with van der Waals surface area (Å²) in [6.45, 7) is 0.905. The number of nitrogens with two attached hydrogens (primary N) is 1. The highest BCUT2D eigenvalue weighted by Crippen LogP contribution is 2.31. The summed E-state index contributed by atoms with van der Waals surface area (Å²) in [6, 6.07) is 7.92. The van der Waals surface area contributed by atoms with Crippen LogP contribution in [0.15, 0.2) is 35.7 Å². The van der Waals surface area contributed by atoms with E-state index in [1.807, 2.05) is 11.4 Å². The molecule has 22 heavy (non-hydrogen) atoms. The number of carbonyl (C=O) groups excluding carboxylic acids is 2. The van der Waals surface area contributed by atoms with Gasteiger partial charge in [0.2, 0.25) is 5.91 Å². The second kappa shape index (κ2) is 5.88. The quantitative estimate of drug-likeness (QED) is 0.945. The van der Waals surface area contributed by atoms with Crippen molar-refractivity contribution in [1.82, 2.24) is 4.90 Å². The van der Waals surface area contributed by atoms with Gasteiger partial charge in [-0.25, -0.2) is 4.39 Å². The number of thiophene rings is 1. The van der Waals surface area contributed by atoms with E-state index in [0.29, 0.717) is 24.4 Å². The SMILES string of the molecule is NC(=O)C1CCN(C(=O)c2sccc2-c2ccc(F)cc2)C1. The van der Waals surface area contributed by atoms with Crippen molar-refractivity contribution in [3.8, 4) is 11.1 Å². The molecule has 3 rings (SSSR count). The molecule has 0 saturated carbocycles. The number of likely N-dealkylation sites (tertiary alicyclic amines) is 1. The topological polar surface area (TPSA) is 63.4 Å². The van der Waals surface area contributed by atoms with Gasteiger partial charge < -0.3 is 10.6 Å². The molecule has 1 aliphatic rings. The molecule has 1 fully saturated rings. The second-order valence-electron chi connectivity index (χ2n) is 5.31. The lowest BCUT2D eigenvalue weighted by Gasteiger charge is -2.16. The number of benzene rings is 1. The molecule has 2 amide bonds. The van der Waals surface area contributed by atoms with Crippen molar-refractivity contribution >= 4 is 23.2 Å². The van der Waals surface area contributed by atoms with Crippen LogP contribution in [0.1, 0.15) is 16.1 Å². The molecule has 1 aromatic heterocycles. The van der Waals surface area contributed by atoms with Gasteiger partial charge in [0.05, 0.1) is 10.8 Å². The van der Waals surface area contributed by atoms with Crippen molar-refractivity contribution < 1.29 is 14.0 Å². The molecule has 1 saturated heterocycles. The van der Waals surface area contributed by atoms with Gasteiger partial charge in [0.15, 0.2) is 0 Å². The predicted molar refractivity (Wildman–Crippen MR) is 82.9 cm³/mol. The van der Waals surface area contributed by atoms with Crippen LogP contribution >= 0.6 is 11.3 Å². The molecule has 6 heteroatoms. The van der Waals surface area contributed by atoms with Gasteiger partial charge in [-0.15, -0.1) is 11.3 Å². The average Bonchev–Trinajstić information content (AvgIpc) is 3.17. The molecule has 0 radical (unpaired) electrons. The van der Waals surface area contributed by atoms with Crippen LogP contribution < -0.4 is 5.73 Å². The normalized spacial score (nSPS) is 17.7. The van der Waals surface area contributed by atoms with Crippen LogP contribution in [0.5, 0.6) is 0 Å². The van der Waals surface area contributed by atoms with Gasteiger partial charge in [-0.05, 0) is 35.6 Å². The molecule has 0 spiro atoms. The van der Waals surface area contributed by atoms with Gasteiger partial charge in [-0.1, -0.05) is 12.1 Å². The number of primary amides is 1. The molecule has 1 unspecified atom stereocenters. The fraction of sp³-hybridized carbons (Fsp3) is 0.250. The zero-order chi connectivity index (χ0) is 15.7. The Morgan fingerprint density at radius 2 is 1.95 bits per heavy atom. The Morgan fingerprint density at radius 3 is 2.59 bits per heavy atom. The summed E-state index contributed by atoms with van der Waals surface area (Å²) in [4.78, 5) is 26.1. The number of hydrogen-bond donors (Lipinski definition) is 1. The number of hydrogen-bond acceptors (Lipinski definition) is 3. The third-order valence-corrected chi connectivity index (χ3v) is 4.79. The molecule has 4 nitrogen and oxygen atoms in total. The predicted octanol–water partition coefficient (Wildman–Crippen LogP) is 2.50. The number of rotatable bonds is 3. The maximum absolute atomic E-state index is 13.0. The maximum atomic E-state index is 13.0. The van der Waals surface area contributed by atoms with Gasteiger partial charge in [0.1, 0.15) is 5.82 Å². The molecule has 1 aliphatic heterocycles. The van der Waals surface area contributed by atoms with E-state index in [2.05, 4.69) is 0 Å². The average molecular weight is 318 g/mol. The molecule has 0 aliphatic carbocycles. The fourth-order valence-corrected chi connectivity index (χ4v) is 3.54. The molecule has 0 bridgehead atoms. The summed E-state index contributed by atoms with van der Waals surface area (Å²) < 4.78 is 13.0. The highest BCUT2D eigenvalue weighted by molar-refractivity contribution is 7.12. The van der Waals surface area contributed by atoms with Gasteiger partial charge in [0.25, 0.3) is 5.91 Å². The molecule has 2 aromatic rings. The first-order valence-electron chi connectivity index (χ1n) is 6.98. The molecule has 1 aromatic carbocycles. The second-order valence-corrected chi connectivity index (χ2v) is 6.23. The van der Waals surface area contributed by atoms with Crippen LogP contribution in [0.4, 0.5) is 4.39 Å². The molecule has 114 valence electrons. The Kier molecular flexibility index (Phi) is 3.94. The Balaban J connectivity index is 1.84. The van der Waals surface area contributed by atoms with E-state index in [1.165, 1.54) is 23.5 Å². The minimum Gasteiger partial charge on any atom is -0.369 e. The van der Waals surface area contributed by atoms with E-state index in [9.17, 15) is 14.0 Å². The summed E-state index contributed by atoms with van der Waals surface area (Å²) in [7, 11) is 0. The van der Waals surface area contributed by atoms with Gasteiger partial charge in [0, 0.05) is 18.7 Å². The highest BCUT2D eigenvalue weighted by atomic mass is 32.1. The molecule has 2 N–H and O–H groups in total. The van der Waals surface area contributed by atoms with Crippen molar-refractivity contribution in [3.05, 3.63) is 46.4 Å². The van der Waals surface area contributed by atoms with E-state index in [0.717, 1.165) is 11.1 Å². The summed E-state index contributed by atoms with van der Waals surface area (Å²) in [6.07, 6.45) is 0.609. The highest BCUT2D eigenvalue weighted by Gasteiger charge is 2.31. The van der Waals surface area contributed by atoms with E-state index in [4.69, 9.17) is 5.73 Å². The first-order chi connectivity index (χ1) is 10.6. The van der Waals surface area contributed by atoms with Crippen molar-refractivity contribution in [3.63, 3.8) is 0 Å². The van der Waals surface area contributed by atoms with Crippen molar-refractivity contribution in [2.24, 2.45) is 11.7 Å².